The maximum Gasteiger partial charge on any atom is 0.100 e. The second-order valence-electron chi connectivity index (χ2n) is 17.5. The van der Waals surface area contributed by atoms with Crippen LogP contribution in [-0.4, -0.2) is 6.67 Å². The van der Waals surface area contributed by atoms with Gasteiger partial charge in [0.1, 0.15) is 6.67 Å². The van der Waals surface area contributed by atoms with E-state index >= 15 is 0 Å². The molecule has 0 fully saturated rings. The molecule has 1 aliphatic carbocycles. The number of anilines is 2. The summed E-state index contributed by atoms with van der Waals surface area (Å²) in [5, 5.41) is 2.62. The van der Waals surface area contributed by atoms with E-state index in [1.54, 1.807) is 0 Å². The Morgan fingerprint density at radius 1 is 0.361 bits per heavy atom. The topological polar surface area (TPSA) is 6.48 Å². The molecule has 0 aromatic heterocycles. The molecule has 10 rings (SSSR count). The van der Waals surface area contributed by atoms with Crippen LogP contribution in [0.2, 0.25) is 0 Å². The fourth-order valence-electron chi connectivity index (χ4n) is 10.5. The molecule has 0 N–H and O–H groups in total. The normalized spacial score (nSPS) is 15.2. The zero-order chi connectivity index (χ0) is 41.8. The summed E-state index contributed by atoms with van der Waals surface area (Å²) in [5.41, 5.74) is 21.2. The molecular weight excluding hydrogens is 737 g/mol. The minimum atomic E-state index is 0.164. The smallest absolute Gasteiger partial charge is 0.100 e. The van der Waals surface area contributed by atoms with E-state index in [0.29, 0.717) is 6.67 Å². The van der Waals surface area contributed by atoms with Gasteiger partial charge in [-0.15, -0.1) is 0 Å². The Labute approximate surface area is 362 Å². The van der Waals surface area contributed by atoms with Crippen LogP contribution in [0, 0.1) is 13.8 Å². The van der Waals surface area contributed by atoms with Crippen molar-refractivity contribution in [1.82, 2.24) is 0 Å². The van der Waals surface area contributed by atoms with E-state index in [0.717, 1.165) is 0 Å². The maximum atomic E-state index is 2.72. The summed E-state index contributed by atoms with van der Waals surface area (Å²) in [5.74, 6) is 0.656. The maximum absolute atomic E-state index is 2.72. The lowest BCUT2D eigenvalue weighted by atomic mass is 9.83. The van der Waals surface area contributed by atoms with Gasteiger partial charge in [-0.3, -0.25) is 0 Å². The molecule has 0 unspecified atom stereocenters. The summed E-state index contributed by atoms with van der Waals surface area (Å²) < 4.78 is 0. The number of aryl methyl sites for hydroxylation is 2. The molecule has 0 radical (unpaired) electrons. The van der Waals surface area contributed by atoms with Gasteiger partial charge in [0.15, 0.2) is 0 Å². The Morgan fingerprint density at radius 2 is 0.656 bits per heavy atom. The second-order valence-corrected chi connectivity index (χ2v) is 17.5. The number of fused-ring (bicyclic) bond motifs is 2. The van der Waals surface area contributed by atoms with E-state index in [1.165, 1.54) is 100 Å². The van der Waals surface area contributed by atoms with Crippen molar-refractivity contribution < 1.29 is 0 Å². The Morgan fingerprint density at radius 3 is 0.951 bits per heavy atom. The Kier molecular flexibility index (Phi) is 9.96. The van der Waals surface area contributed by atoms with E-state index in [2.05, 4.69) is 233 Å². The largest absolute Gasteiger partial charge is 0.320 e. The second kappa shape index (κ2) is 15.8. The highest BCUT2D eigenvalue weighted by Gasteiger charge is 2.43. The summed E-state index contributed by atoms with van der Waals surface area (Å²) in [7, 11) is 0. The van der Waals surface area contributed by atoms with Gasteiger partial charge in [0, 0.05) is 40.2 Å². The van der Waals surface area contributed by atoms with E-state index in [1.807, 2.05) is 0 Å². The van der Waals surface area contributed by atoms with E-state index < -0.39 is 0 Å². The summed E-state index contributed by atoms with van der Waals surface area (Å²) in [6.45, 7) is 14.8. The third-order valence-corrected chi connectivity index (χ3v) is 13.7. The van der Waals surface area contributed by atoms with E-state index in [-0.39, 0.29) is 23.7 Å². The average molecular weight is 791 g/mol. The third-order valence-electron chi connectivity index (χ3n) is 13.7. The van der Waals surface area contributed by atoms with Gasteiger partial charge >= 0.3 is 0 Å². The molecule has 4 atom stereocenters. The summed E-state index contributed by atoms with van der Waals surface area (Å²) in [6, 6.07) is 68.1. The van der Waals surface area contributed by atoms with Crippen molar-refractivity contribution in [3.05, 3.63) is 249 Å². The quantitative estimate of drug-likeness (QED) is 0.136. The molecule has 2 nitrogen and oxygen atoms in total. The highest BCUT2D eigenvalue weighted by atomic mass is 15.4. The van der Waals surface area contributed by atoms with Crippen LogP contribution in [0.15, 0.2) is 182 Å². The van der Waals surface area contributed by atoms with Crippen LogP contribution in [0.25, 0.3) is 22.2 Å². The lowest BCUT2D eigenvalue weighted by Gasteiger charge is -2.35. The first-order valence-electron chi connectivity index (χ1n) is 22.1. The molecule has 8 aromatic carbocycles. The molecule has 0 saturated heterocycles. The molecule has 2 heteroatoms. The van der Waals surface area contributed by atoms with Gasteiger partial charge in [-0.2, -0.15) is 0 Å². The monoisotopic (exact) mass is 790 g/mol. The van der Waals surface area contributed by atoms with Crippen LogP contribution in [0.3, 0.4) is 0 Å². The van der Waals surface area contributed by atoms with Crippen molar-refractivity contribution in [3.8, 4) is 0 Å². The van der Waals surface area contributed by atoms with Gasteiger partial charge in [0.2, 0.25) is 0 Å². The van der Waals surface area contributed by atoms with E-state index in [9.17, 15) is 0 Å². The molecule has 0 spiro atoms. The van der Waals surface area contributed by atoms with Gasteiger partial charge in [0.25, 0.3) is 0 Å². The Bertz CT molecular complexity index is 2580. The molecular formula is C59H54N2. The lowest BCUT2D eigenvalue weighted by molar-refractivity contribution is 0.842. The standard InChI is InChI=1S/C59H54N2/c1-38-33-51(40(3)44-21-11-7-12-22-44)56(52(34-38)41(4)45-23-13-8-14-24-45)60-37-61(59-50-32-20-30-48-29-19-31-49(55(48)50)58(59)60)57-53(42(5)46-25-15-9-16-26-46)35-39(2)36-54(57)43(6)47-27-17-10-18-28-47/h7-36,40-43H,37H2,1-6H3/t40-,41-,42-,43-/m1/s1. The van der Waals surface area contributed by atoms with Crippen LogP contribution in [0.5, 0.6) is 0 Å². The minimum Gasteiger partial charge on any atom is -0.320 e. The number of nitrogens with zero attached hydrogens (tertiary/aromatic N) is 2. The number of rotatable bonds is 10. The lowest BCUT2D eigenvalue weighted by Crippen LogP contribution is -2.32. The van der Waals surface area contributed by atoms with Gasteiger partial charge in [-0.05, 0) is 63.7 Å². The van der Waals surface area contributed by atoms with Crippen LogP contribution in [0.1, 0.15) is 118 Å². The first-order chi connectivity index (χ1) is 29.8. The van der Waals surface area contributed by atoms with Gasteiger partial charge in [-0.1, -0.05) is 221 Å². The average Bonchev–Trinajstić information content (AvgIpc) is 3.86. The first-order valence-corrected chi connectivity index (χ1v) is 22.1. The van der Waals surface area contributed by atoms with Crippen LogP contribution < -0.4 is 9.80 Å². The van der Waals surface area contributed by atoms with Crippen LogP contribution >= 0.6 is 0 Å². The van der Waals surface area contributed by atoms with Gasteiger partial charge in [-0.25, -0.2) is 0 Å². The fraction of sp³-hybridized carbons (Fsp3) is 0.186. The first kappa shape index (κ1) is 38.6. The molecule has 0 bridgehead atoms. The minimum absolute atomic E-state index is 0.164. The van der Waals surface area contributed by atoms with Crippen LogP contribution in [-0.2, 0) is 0 Å². The van der Waals surface area contributed by atoms with Gasteiger partial charge < -0.3 is 9.80 Å². The summed E-state index contributed by atoms with van der Waals surface area (Å²) in [6.07, 6.45) is 0. The summed E-state index contributed by atoms with van der Waals surface area (Å²) in [4.78, 5) is 5.45. The van der Waals surface area contributed by atoms with Crippen molar-refractivity contribution in [1.29, 1.82) is 0 Å². The number of hydrogen-bond donors (Lipinski definition) is 0. The molecule has 0 amide bonds. The Balaban J connectivity index is 1.28. The zero-order valence-corrected chi connectivity index (χ0v) is 36.2. The molecule has 61 heavy (non-hydrogen) atoms. The third kappa shape index (κ3) is 6.66. The predicted molar refractivity (Wildman–Crippen MR) is 259 cm³/mol. The summed E-state index contributed by atoms with van der Waals surface area (Å²) >= 11 is 0. The van der Waals surface area contributed by atoms with Crippen molar-refractivity contribution in [2.45, 2.75) is 65.2 Å². The SMILES string of the molecule is Cc1cc([C@H](C)c2ccccc2)c(N2CN(c3c([C@H](C)c4ccccc4)cc(C)cc3[C@H](C)c3ccccc3)C3=C2c2cccc4cccc3c24)c([C@H](C)c2ccccc2)c1. The van der Waals surface area contributed by atoms with Gasteiger partial charge in [0.05, 0.1) is 22.8 Å². The van der Waals surface area contributed by atoms with Crippen LogP contribution in [0.4, 0.5) is 11.4 Å². The molecule has 8 aromatic rings. The number of hydrogen-bond acceptors (Lipinski definition) is 2. The zero-order valence-electron chi connectivity index (χ0n) is 36.2. The molecule has 0 saturated carbocycles. The predicted octanol–water partition coefficient (Wildman–Crippen LogP) is 15.2. The molecule has 2 aliphatic rings. The van der Waals surface area contributed by atoms with Crippen molar-refractivity contribution in [3.63, 3.8) is 0 Å². The van der Waals surface area contributed by atoms with Crippen molar-refractivity contribution in [2.75, 3.05) is 16.5 Å². The van der Waals surface area contributed by atoms with E-state index in [4.69, 9.17) is 0 Å². The molecule has 1 heterocycles. The molecule has 1 aliphatic heterocycles. The van der Waals surface area contributed by atoms with Crippen molar-refractivity contribution >= 4 is 33.5 Å². The molecule has 300 valence electrons. The van der Waals surface area contributed by atoms with Crippen molar-refractivity contribution in [2.24, 2.45) is 0 Å². The highest BCUT2D eigenvalue weighted by Crippen LogP contribution is 2.56. The highest BCUT2D eigenvalue weighted by molar-refractivity contribution is 6.21. The Hall–Kier alpha value is -6.64. The fourth-order valence-corrected chi connectivity index (χ4v) is 10.5. The number of benzene rings is 8.